The molecule has 9 heteroatoms. The molecule has 1 aromatic heterocycles. The largest absolute Gasteiger partial charge is 0.335 e. The van der Waals surface area contributed by atoms with Gasteiger partial charge in [0.15, 0.2) is 0 Å². The van der Waals surface area contributed by atoms with Gasteiger partial charge in [-0.1, -0.05) is 16.8 Å². The molecule has 0 amide bonds. The molecule has 7 nitrogen and oxygen atoms in total. The molecule has 1 fully saturated rings. The van der Waals surface area contributed by atoms with Crippen LogP contribution < -0.4 is 10.0 Å². The normalized spacial score (nSPS) is 20.9. The fraction of sp³-hybridized carbons (Fsp3) is 0.579. The summed E-state index contributed by atoms with van der Waals surface area (Å²) < 4.78 is 31.6. The number of halogens is 1. The zero-order chi connectivity index (χ0) is 20.4. The highest BCUT2D eigenvalue weighted by Gasteiger charge is 2.30. The van der Waals surface area contributed by atoms with E-state index in [-0.39, 0.29) is 6.04 Å². The van der Waals surface area contributed by atoms with Crippen LogP contribution in [-0.2, 0) is 10.0 Å². The van der Waals surface area contributed by atoms with Crippen LogP contribution >= 0.6 is 11.6 Å². The Hall–Kier alpha value is -1.64. The van der Waals surface area contributed by atoms with Gasteiger partial charge in [-0.25, -0.2) is 13.1 Å². The highest BCUT2D eigenvalue weighted by Crippen LogP contribution is 2.27. The predicted octanol–water partition coefficient (Wildman–Crippen LogP) is 4.08. The Balaban J connectivity index is 1.48. The van der Waals surface area contributed by atoms with Crippen LogP contribution in [0.5, 0.6) is 0 Å². The standard InChI is InChI=1S/C19H27ClN4O3S/c1-19(2,3)28(25,26)21-12-13-4-10-16(11-5-13)22-18-23-17(24-27-18)14-6-8-15(20)9-7-14/h6-9,13,16,21H,4-5,10-12H2,1-3H3,(H,22,23,24)/t13-,16-. The molecule has 0 atom stereocenters. The third-order valence-electron chi connectivity index (χ3n) is 5.07. The van der Waals surface area contributed by atoms with E-state index in [1.165, 1.54) is 0 Å². The number of anilines is 1. The molecular formula is C19H27ClN4O3S. The van der Waals surface area contributed by atoms with Gasteiger partial charge in [0, 0.05) is 23.2 Å². The molecule has 0 aliphatic heterocycles. The summed E-state index contributed by atoms with van der Waals surface area (Å²) in [6.07, 6.45) is 3.76. The Morgan fingerprint density at radius 2 is 1.79 bits per heavy atom. The van der Waals surface area contributed by atoms with E-state index in [1.54, 1.807) is 32.9 Å². The van der Waals surface area contributed by atoms with Crippen LogP contribution in [0.1, 0.15) is 46.5 Å². The van der Waals surface area contributed by atoms with E-state index in [0.717, 1.165) is 31.2 Å². The number of rotatable bonds is 6. The van der Waals surface area contributed by atoms with Gasteiger partial charge in [0.05, 0.1) is 4.75 Å². The molecule has 0 radical (unpaired) electrons. The maximum Gasteiger partial charge on any atom is 0.322 e. The molecule has 1 saturated carbocycles. The van der Waals surface area contributed by atoms with E-state index in [0.29, 0.717) is 29.3 Å². The molecule has 1 aliphatic rings. The van der Waals surface area contributed by atoms with Crippen molar-refractivity contribution < 1.29 is 12.9 Å². The quantitative estimate of drug-likeness (QED) is 0.722. The maximum atomic E-state index is 12.2. The number of aromatic nitrogens is 2. The van der Waals surface area contributed by atoms with Crippen LogP contribution in [0.4, 0.5) is 6.01 Å². The minimum Gasteiger partial charge on any atom is -0.335 e. The van der Waals surface area contributed by atoms with E-state index in [2.05, 4.69) is 20.2 Å². The highest BCUT2D eigenvalue weighted by molar-refractivity contribution is 7.90. The molecule has 2 N–H and O–H groups in total. The average molecular weight is 427 g/mol. The molecule has 3 rings (SSSR count). The smallest absolute Gasteiger partial charge is 0.322 e. The summed E-state index contributed by atoms with van der Waals surface area (Å²) >= 11 is 5.90. The monoisotopic (exact) mass is 426 g/mol. The van der Waals surface area contributed by atoms with E-state index in [4.69, 9.17) is 16.1 Å². The number of hydrogen-bond acceptors (Lipinski definition) is 6. The number of sulfonamides is 1. The van der Waals surface area contributed by atoms with E-state index < -0.39 is 14.8 Å². The van der Waals surface area contributed by atoms with Crippen LogP contribution in [0, 0.1) is 5.92 Å². The first-order valence-electron chi connectivity index (χ1n) is 9.49. The number of nitrogens with one attached hydrogen (secondary N) is 2. The van der Waals surface area contributed by atoms with Crippen molar-refractivity contribution in [3.63, 3.8) is 0 Å². The molecule has 0 saturated heterocycles. The Morgan fingerprint density at radius 1 is 1.14 bits per heavy atom. The molecule has 0 unspecified atom stereocenters. The van der Waals surface area contributed by atoms with Crippen molar-refractivity contribution in [3.05, 3.63) is 29.3 Å². The first-order chi connectivity index (χ1) is 13.1. The van der Waals surface area contributed by atoms with Gasteiger partial charge < -0.3 is 9.84 Å². The molecule has 1 heterocycles. The topological polar surface area (TPSA) is 97.1 Å². The fourth-order valence-corrected chi connectivity index (χ4v) is 4.14. The third kappa shape index (κ3) is 5.24. The van der Waals surface area contributed by atoms with Gasteiger partial charge in [0.1, 0.15) is 0 Å². The second-order valence-corrected chi connectivity index (χ2v) is 11.2. The molecule has 0 bridgehead atoms. The predicted molar refractivity (Wildman–Crippen MR) is 111 cm³/mol. The van der Waals surface area contributed by atoms with Crippen molar-refractivity contribution in [2.45, 2.75) is 57.2 Å². The average Bonchev–Trinajstić information content (AvgIpc) is 3.09. The third-order valence-corrected chi connectivity index (χ3v) is 7.48. The summed E-state index contributed by atoms with van der Waals surface area (Å²) in [6, 6.07) is 7.92. The summed E-state index contributed by atoms with van der Waals surface area (Å²) in [5.74, 6) is 0.868. The number of nitrogens with zero attached hydrogens (tertiary/aromatic N) is 2. The molecule has 1 aliphatic carbocycles. The van der Waals surface area contributed by atoms with E-state index >= 15 is 0 Å². The second kappa shape index (κ2) is 8.39. The lowest BCUT2D eigenvalue weighted by Gasteiger charge is -2.29. The van der Waals surface area contributed by atoms with Gasteiger partial charge in [-0.15, -0.1) is 0 Å². The SMILES string of the molecule is CC(C)(C)S(=O)(=O)NC[C@H]1CC[C@H](Nc2nc(-c3ccc(Cl)cc3)no2)CC1. The Morgan fingerprint density at radius 3 is 2.39 bits per heavy atom. The van der Waals surface area contributed by atoms with Crippen LogP contribution in [0.15, 0.2) is 28.8 Å². The molecule has 28 heavy (non-hydrogen) atoms. The molecular weight excluding hydrogens is 400 g/mol. The van der Waals surface area contributed by atoms with E-state index in [9.17, 15) is 8.42 Å². The zero-order valence-electron chi connectivity index (χ0n) is 16.4. The summed E-state index contributed by atoms with van der Waals surface area (Å²) in [6.45, 7) is 5.62. The summed E-state index contributed by atoms with van der Waals surface area (Å²) in [5, 5.41) is 7.96. The van der Waals surface area contributed by atoms with Gasteiger partial charge in [-0.05, 0) is 76.6 Å². The van der Waals surface area contributed by atoms with Crippen LogP contribution in [-0.4, -0.2) is 35.9 Å². The minimum absolute atomic E-state index is 0.244. The van der Waals surface area contributed by atoms with Crippen LogP contribution in [0.25, 0.3) is 11.4 Å². The Bertz CT molecular complexity index is 883. The van der Waals surface area contributed by atoms with Crippen molar-refractivity contribution in [1.29, 1.82) is 0 Å². The molecule has 154 valence electrons. The minimum atomic E-state index is -3.29. The molecule has 2 aromatic rings. The lowest BCUT2D eigenvalue weighted by molar-refractivity contribution is 0.329. The maximum absolute atomic E-state index is 12.2. The fourth-order valence-electron chi connectivity index (χ4n) is 3.13. The van der Waals surface area contributed by atoms with Crippen LogP contribution in [0.2, 0.25) is 5.02 Å². The Labute approximate surface area is 171 Å². The Kier molecular flexibility index (Phi) is 6.31. The molecule has 1 aromatic carbocycles. The molecule has 0 spiro atoms. The van der Waals surface area contributed by atoms with Gasteiger partial charge in [0.25, 0.3) is 0 Å². The van der Waals surface area contributed by atoms with Crippen molar-refractivity contribution in [2.24, 2.45) is 5.92 Å². The zero-order valence-corrected chi connectivity index (χ0v) is 18.0. The van der Waals surface area contributed by atoms with Gasteiger partial charge in [-0.3, -0.25) is 0 Å². The van der Waals surface area contributed by atoms with Gasteiger partial charge in [0.2, 0.25) is 15.8 Å². The van der Waals surface area contributed by atoms with Crippen molar-refractivity contribution >= 4 is 27.6 Å². The number of hydrogen-bond donors (Lipinski definition) is 2. The summed E-state index contributed by atoms with van der Waals surface area (Å²) in [4.78, 5) is 4.40. The highest BCUT2D eigenvalue weighted by atomic mass is 35.5. The summed E-state index contributed by atoms with van der Waals surface area (Å²) in [7, 11) is -3.29. The van der Waals surface area contributed by atoms with Gasteiger partial charge in [-0.2, -0.15) is 4.98 Å². The first kappa shape index (κ1) is 21.1. The first-order valence-corrected chi connectivity index (χ1v) is 11.4. The van der Waals surface area contributed by atoms with E-state index in [1.807, 2.05) is 12.1 Å². The number of benzene rings is 1. The lowest BCUT2D eigenvalue weighted by atomic mass is 9.86. The second-order valence-electron chi connectivity index (χ2n) is 8.26. The summed E-state index contributed by atoms with van der Waals surface area (Å²) in [5.41, 5.74) is 0.844. The van der Waals surface area contributed by atoms with Crippen molar-refractivity contribution in [3.8, 4) is 11.4 Å². The van der Waals surface area contributed by atoms with Crippen LogP contribution in [0.3, 0.4) is 0 Å². The lowest BCUT2D eigenvalue weighted by Crippen LogP contribution is -2.42. The van der Waals surface area contributed by atoms with Crippen molar-refractivity contribution in [2.75, 3.05) is 11.9 Å². The van der Waals surface area contributed by atoms with Crippen molar-refractivity contribution in [1.82, 2.24) is 14.9 Å². The van der Waals surface area contributed by atoms with Gasteiger partial charge >= 0.3 is 6.01 Å².